The molecule has 10 heteroatoms. The normalized spacial score (nSPS) is 16.2. The van der Waals surface area contributed by atoms with Gasteiger partial charge in [0.1, 0.15) is 11.1 Å². The zero-order chi connectivity index (χ0) is 22.6. The van der Waals surface area contributed by atoms with E-state index in [0.29, 0.717) is 35.3 Å². The Morgan fingerprint density at radius 3 is 2.84 bits per heavy atom. The van der Waals surface area contributed by atoms with E-state index in [9.17, 15) is 14.7 Å². The molecule has 1 aliphatic heterocycles. The molecule has 2 N–H and O–H groups in total. The Morgan fingerprint density at radius 1 is 1.41 bits per heavy atom. The van der Waals surface area contributed by atoms with Crippen LogP contribution in [-0.2, 0) is 22.6 Å². The summed E-state index contributed by atoms with van der Waals surface area (Å²) in [5.74, 6) is -0.209. The van der Waals surface area contributed by atoms with Gasteiger partial charge in [-0.25, -0.2) is 0 Å². The minimum Gasteiger partial charge on any atom is -0.481 e. The first kappa shape index (κ1) is 21.2. The zero-order valence-corrected chi connectivity index (χ0v) is 19.5. The number of aliphatic carboxylic acids is 1. The number of fused-ring (bicyclic) bond motifs is 5. The molecule has 5 rings (SSSR count). The van der Waals surface area contributed by atoms with E-state index in [1.165, 1.54) is 11.3 Å². The molecule has 4 heterocycles. The number of aromatic amines is 1. The number of ether oxygens (including phenoxy) is 1. The predicted octanol–water partition coefficient (Wildman–Crippen LogP) is 3.10. The second-order valence-electron chi connectivity index (χ2n) is 8.31. The molecule has 3 aromatic heterocycles. The van der Waals surface area contributed by atoms with E-state index in [2.05, 4.69) is 24.0 Å². The smallest absolute Gasteiger partial charge is 0.363 e. The Morgan fingerprint density at radius 2 is 2.16 bits per heavy atom. The molecule has 0 bridgehead atoms. The number of nitrogens with one attached hydrogen (secondary N) is 1. The summed E-state index contributed by atoms with van der Waals surface area (Å²) < 4.78 is 9.56. The van der Waals surface area contributed by atoms with Gasteiger partial charge in [-0.2, -0.15) is 8.97 Å². The molecule has 8 nitrogen and oxygen atoms in total. The van der Waals surface area contributed by atoms with E-state index < -0.39 is 5.97 Å². The van der Waals surface area contributed by atoms with Crippen LogP contribution in [0, 0.1) is 12.8 Å². The minimum absolute atomic E-state index is 0.0541. The molecular formula is C22H23N4O4S2+. The fourth-order valence-electron chi connectivity index (χ4n) is 4.07. The second kappa shape index (κ2) is 8.02. The number of carboxylic acids is 1. The summed E-state index contributed by atoms with van der Waals surface area (Å²) in [5, 5.41) is 17.7. The predicted molar refractivity (Wildman–Crippen MR) is 123 cm³/mol. The van der Waals surface area contributed by atoms with Gasteiger partial charge in [0, 0.05) is 16.4 Å². The lowest BCUT2D eigenvalue weighted by Crippen LogP contribution is -2.34. The number of nitrogens with zero attached hydrogens (tertiary/aromatic N) is 3. The third kappa shape index (κ3) is 3.42. The van der Waals surface area contributed by atoms with Crippen molar-refractivity contribution in [3.05, 3.63) is 50.6 Å². The zero-order valence-electron chi connectivity index (χ0n) is 17.9. The van der Waals surface area contributed by atoms with E-state index in [4.69, 9.17) is 4.74 Å². The van der Waals surface area contributed by atoms with Crippen LogP contribution < -0.4 is 9.96 Å². The van der Waals surface area contributed by atoms with Crippen LogP contribution in [0.2, 0.25) is 0 Å². The molecule has 0 fully saturated rings. The second-order valence-corrected chi connectivity index (χ2v) is 10.3. The minimum atomic E-state index is -0.923. The standard InChI is InChI=1S/C22H22N4O4S2/c1-11(2)15-8-14-16(9-30-15)32-20-18(14)19(29)25(13-6-4-12(3)5-7-13)21-23-24-22(26(20)21)31-10-17(27)28/h4-7,11,15H,8-10H2,1-3H3,(H,27,28)/p+1. The number of aromatic nitrogens is 4. The molecule has 166 valence electrons. The first-order chi connectivity index (χ1) is 15.3. The number of rotatable bonds is 5. The van der Waals surface area contributed by atoms with Gasteiger partial charge < -0.3 is 9.84 Å². The molecule has 4 aromatic rings. The van der Waals surface area contributed by atoms with Crippen LogP contribution in [-0.4, -0.2) is 37.7 Å². The van der Waals surface area contributed by atoms with Gasteiger partial charge in [0.25, 0.3) is 0 Å². The van der Waals surface area contributed by atoms with Crippen molar-refractivity contribution in [1.82, 2.24) is 14.8 Å². The number of benzene rings is 1. The van der Waals surface area contributed by atoms with Crippen molar-refractivity contribution in [3.8, 4) is 5.69 Å². The first-order valence-corrected chi connectivity index (χ1v) is 12.2. The third-order valence-corrected chi connectivity index (χ3v) is 7.87. The molecule has 1 unspecified atom stereocenters. The molecule has 0 saturated carbocycles. The monoisotopic (exact) mass is 471 g/mol. The Labute approximate surface area is 191 Å². The summed E-state index contributed by atoms with van der Waals surface area (Å²) in [4.78, 5) is 26.9. The van der Waals surface area contributed by atoms with Gasteiger partial charge in [0.05, 0.1) is 18.4 Å². The number of thioether (sulfide) groups is 1. The van der Waals surface area contributed by atoms with Gasteiger partial charge in [-0.1, -0.05) is 31.5 Å². The van der Waals surface area contributed by atoms with Crippen LogP contribution in [0.5, 0.6) is 0 Å². The van der Waals surface area contributed by atoms with Crippen molar-refractivity contribution >= 4 is 45.1 Å². The molecule has 0 aliphatic carbocycles. The summed E-state index contributed by atoms with van der Waals surface area (Å²) in [7, 11) is 0. The molecule has 1 aromatic carbocycles. The molecule has 0 radical (unpaired) electrons. The average molecular weight is 472 g/mol. The van der Waals surface area contributed by atoms with E-state index >= 15 is 0 Å². The van der Waals surface area contributed by atoms with Gasteiger partial charge in [-0.05, 0) is 42.3 Å². The number of hydrogen-bond donors (Lipinski definition) is 2. The number of carbonyl (C=O) groups is 1. The van der Waals surface area contributed by atoms with Gasteiger partial charge in [0.15, 0.2) is 4.83 Å². The third-order valence-electron chi connectivity index (χ3n) is 5.75. The lowest BCUT2D eigenvalue weighted by atomic mass is 9.96. The molecular weight excluding hydrogens is 448 g/mol. The van der Waals surface area contributed by atoms with Crippen molar-refractivity contribution in [2.24, 2.45) is 5.92 Å². The number of hydrogen-bond acceptors (Lipinski definition) is 6. The van der Waals surface area contributed by atoms with Gasteiger partial charge in [0.2, 0.25) is 0 Å². The molecule has 1 aliphatic rings. The molecule has 0 saturated heterocycles. The molecule has 32 heavy (non-hydrogen) atoms. The maximum absolute atomic E-state index is 13.9. The van der Waals surface area contributed by atoms with Crippen molar-refractivity contribution in [2.75, 3.05) is 5.75 Å². The fraction of sp³-hybridized carbons (Fsp3) is 0.364. The van der Waals surface area contributed by atoms with Crippen LogP contribution in [0.4, 0.5) is 0 Å². The van der Waals surface area contributed by atoms with Gasteiger partial charge in [-0.15, -0.1) is 16.4 Å². The highest BCUT2D eigenvalue weighted by atomic mass is 32.2. The SMILES string of the molecule is Cc1ccc(-n2c(=O)c3c4c(sc3[n+]3c(SCC(=O)O)n[nH]c23)COC(C(C)C)C4)cc1. The van der Waals surface area contributed by atoms with Crippen molar-refractivity contribution < 1.29 is 19.0 Å². The van der Waals surface area contributed by atoms with Crippen LogP contribution in [0.1, 0.15) is 29.9 Å². The largest absolute Gasteiger partial charge is 0.481 e. The number of H-pyrrole nitrogens is 1. The van der Waals surface area contributed by atoms with Gasteiger partial charge >= 0.3 is 22.5 Å². The Kier molecular flexibility index (Phi) is 5.31. The first-order valence-electron chi connectivity index (χ1n) is 10.4. The highest BCUT2D eigenvalue weighted by Crippen LogP contribution is 2.35. The topological polar surface area (TPSA) is 101 Å². The average Bonchev–Trinajstić information content (AvgIpc) is 3.34. The quantitative estimate of drug-likeness (QED) is 0.343. The summed E-state index contributed by atoms with van der Waals surface area (Å²) in [6.07, 6.45) is 0.732. The van der Waals surface area contributed by atoms with Crippen LogP contribution >= 0.6 is 23.1 Å². The van der Waals surface area contributed by atoms with Crippen molar-refractivity contribution in [1.29, 1.82) is 0 Å². The summed E-state index contributed by atoms with van der Waals surface area (Å²) in [6.45, 7) is 6.72. The van der Waals surface area contributed by atoms with Crippen LogP contribution in [0.3, 0.4) is 0 Å². The van der Waals surface area contributed by atoms with E-state index in [0.717, 1.165) is 38.3 Å². The lowest BCUT2D eigenvalue weighted by Gasteiger charge is -2.26. The summed E-state index contributed by atoms with van der Waals surface area (Å²) >= 11 is 2.64. The van der Waals surface area contributed by atoms with Gasteiger partial charge in [-0.3, -0.25) is 9.59 Å². The van der Waals surface area contributed by atoms with Crippen LogP contribution in [0.15, 0.2) is 34.2 Å². The number of thiophene rings is 1. The molecule has 0 amide bonds. The summed E-state index contributed by atoms with van der Waals surface area (Å²) in [5.41, 5.74) is 2.75. The fourth-order valence-corrected chi connectivity index (χ4v) is 6.04. The van der Waals surface area contributed by atoms with E-state index in [1.54, 1.807) is 4.57 Å². The van der Waals surface area contributed by atoms with Crippen molar-refractivity contribution in [3.63, 3.8) is 0 Å². The Balaban J connectivity index is 1.83. The lowest BCUT2D eigenvalue weighted by molar-refractivity contribution is -0.528. The maximum Gasteiger partial charge on any atom is 0.363 e. The van der Waals surface area contributed by atoms with Crippen LogP contribution in [0.25, 0.3) is 21.7 Å². The summed E-state index contributed by atoms with van der Waals surface area (Å²) in [6, 6.07) is 7.74. The number of aryl methyl sites for hydroxylation is 1. The molecule has 0 spiro atoms. The van der Waals surface area contributed by atoms with E-state index in [1.807, 2.05) is 35.6 Å². The highest BCUT2D eigenvalue weighted by molar-refractivity contribution is 7.99. The van der Waals surface area contributed by atoms with E-state index in [-0.39, 0.29) is 17.4 Å². The Bertz CT molecular complexity index is 1400. The Hall–Kier alpha value is -2.69. The van der Waals surface area contributed by atoms with Crippen molar-refractivity contribution in [2.45, 2.75) is 45.1 Å². The molecule has 1 atom stereocenters. The maximum atomic E-state index is 13.9. The highest BCUT2D eigenvalue weighted by Gasteiger charge is 2.32. The number of carboxylic acid groups (broad SMARTS) is 1.